The van der Waals surface area contributed by atoms with Crippen molar-refractivity contribution in [2.75, 3.05) is 5.32 Å². The van der Waals surface area contributed by atoms with Crippen molar-refractivity contribution in [3.8, 4) is 11.3 Å². The number of pyridine rings is 1. The number of hydrogen-bond acceptors (Lipinski definition) is 4. The van der Waals surface area contributed by atoms with Gasteiger partial charge in [0.05, 0.1) is 11.2 Å². The molecule has 2 heterocycles. The van der Waals surface area contributed by atoms with Crippen LogP contribution in [0.5, 0.6) is 0 Å². The maximum Gasteiger partial charge on any atom is 0.226 e. The van der Waals surface area contributed by atoms with E-state index in [9.17, 15) is 4.79 Å². The first-order valence-corrected chi connectivity index (χ1v) is 7.93. The number of aromatic nitrogens is 2. The van der Waals surface area contributed by atoms with Gasteiger partial charge in [-0.1, -0.05) is 29.8 Å². The second-order valence-corrected chi connectivity index (χ2v) is 5.72. The minimum absolute atomic E-state index is 0.134. The zero-order chi connectivity index (χ0) is 16.9. The van der Waals surface area contributed by atoms with Crippen molar-refractivity contribution in [3.05, 3.63) is 65.3 Å². The summed E-state index contributed by atoms with van der Waals surface area (Å²) < 4.78 is 5.68. The molecule has 1 N–H and O–H groups in total. The summed E-state index contributed by atoms with van der Waals surface area (Å²) in [5.41, 5.74) is 1.64. The van der Waals surface area contributed by atoms with E-state index in [0.717, 1.165) is 11.3 Å². The summed E-state index contributed by atoms with van der Waals surface area (Å²) in [5, 5.41) is 3.36. The molecule has 5 nitrogen and oxygen atoms in total. The second kappa shape index (κ2) is 7.27. The van der Waals surface area contributed by atoms with Gasteiger partial charge in [0.1, 0.15) is 5.82 Å². The van der Waals surface area contributed by atoms with Crippen molar-refractivity contribution in [3.63, 3.8) is 0 Å². The van der Waals surface area contributed by atoms with Gasteiger partial charge in [0, 0.05) is 24.1 Å². The van der Waals surface area contributed by atoms with Crippen LogP contribution >= 0.6 is 11.6 Å². The number of nitrogens with one attached hydrogen (secondary N) is 1. The fraction of sp³-hybridized carbons (Fsp3) is 0.167. The fourth-order valence-corrected chi connectivity index (χ4v) is 2.48. The topological polar surface area (TPSA) is 68.0 Å². The fourth-order valence-electron chi connectivity index (χ4n) is 2.25. The summed E-state index contributed by atoms with van der Waals surface area (Å²) in [5.74, 6) is 1.50. The number of anilines is 1. The van der Waals surface area contributed by atoms with Crippen molar-refractivity contribution >= 4 is 23.3 Å². The molecule has 0 unspecified atom stereocenters. The number of carbonyl (C=O) groups is 1. The van der Waals surface area contributed by atoms with Crippen molar-refractivity contribution in [2.24, 2.45) is 0 Å². The van der Waals surface area contributed by atoms with Crippen LogP contribution in [0, 0.1) is 6.92 Å². The van der Waals surface area contributed by atoms with Gasteiger partial charge >= 0.3 is 0 Å². The van der Waals surface area contributed by atoms with Crippen LogP contribution in [0.25, 0.3) is 11.3 Å². The van der Waals surface area contributed by atoms with Gasteiger partial charge in [0.15, 0.2) is 11.7 Å². The Morgan fingerprint density at radius 2 is 2.04 bits per heavy atom. The molecule has 122 valence electrons. The van der Waals surface area contributed by atoms with E-state index >= 15 is 0 Å². The molecule has 24 heavy (non-hydrogen) atoms. The van der Waals surface area contributed by atoms with E-state index in [0.29, 0.717) is 28.9 Å². The minimum atomic E-state index is -0.134. The van der Waals surface area contributed by atoms with E-state index in [1.807, 2.05) is 37.3 Å². The molecule has 0 saturated carbocycles. The second-order valence-electron chi connectivity index (χ2n) is 5.31. The highest BCUT2D eigenvalue weighted by molar-refractivity contribution is 6.33. The highest BCUT2D eigenvalue weighted by atomic mass is 35.5. The number of nitrogens with zero attached hydrogens (tertiary/aromatic N) is 2. The lowest BCUT2D eigenvalue weighted by Crippen LogP contribution is -2.13. The number of benzene rings is 1. The van der Waals surface area contributed by atoms with Crippen LogP contribution in [0.2, 0.25) is 5.02 Å². The SMILES string of the molecule is Cc1cccc(NC(=O)CCc2ncc(-c3ccccc3Cl)o2)n1. The largest absolute Gasteiger partial charge is 0.441 e. The Hall–Kier alpha value is -2.66. The number of carbonyl (C=O) groups excluding carboxylic acids is 1. The van der Waals surface area contributed by atoms with Crippen molar-refractivity contribution in [2.45, 2.75) is 19.8 Å². The van der Waals surface area contributed by atoms with Crippen LogP contribution in [-0.4, -0.2) is 15.9 Å². The highest BCUT2D eigenvalue weighted by Crippen LogP contribution is 2.28. The summed E-state index contributed by atoms with van der Waals surface area (Å²) in [7, 11) is 0. The first-order chi connectivity index (χ1) is 11.6. The Bertz CT molecular complexity index is 861. The van der Waals surface area contributed by atoms with Gasteiger partial charge in [0.2, 0.25) is 5.91 Å². The number of rotatable bonds is 5. The van der Waals surface area contributed by atoms with Crippen LogP contribution in [-0.2, 0) is 11.2 Å². The minimum Gasteiger partial charge on any atom is -0.441 e. The average Bonchev–Trinajstić information content (AvgIpc) is 3.02. The van der Waals surface area contributed by atoms with Crippen molar-refractivity contribution in [1.29, 1.82) is 0 Å². The molecule has 0 bridgehead atoms. The summed E-state index contributed by atoms with van der Waals surface area (Å²) in [4.78, 5) is 20.4. The van der Waals surface area contributed by atoms with Crippen LogP contribution in [0.15, 0.2) is 53.1 Å². The zero-order valence-electron chi connectivity index (χ0n) is 13.1. The lowest BCUT2D eigenvalue weighted by molar-refractivity contribution is -0.116. The highest BCUT2D eigenvalue weighted by Gasteiger charge is 2.11. The number of hydrogen-bond donors (Lipinski definition) is 1. The predicted molar refractivity (Wildman–Crippen MR) is 92.9 cm³/mol. The molecule has 2 aromatic heterocycles. The Morgan fingerprint density at radius 3 is 2.83 bits per heavy atom. The van der Waals surface area contributed by atoms with Crippen molar-refractivity contribution < 1.29 is 9.21 Å². The van der Waals surface area contributed by atoms with Gasteiger partial charge in [0.25, 0.3) is 0 Å². The third-order valence-electron chi connectivity index (χ3n) is 3.41. The van der Waals surface area contributed by atoms with E-state index in [-0.39, 0.29) is 12.3 Å². The van der Waals surface area contributed by atoms with Gasteiger partial charge in [-0.05, 0) is 31.2 Å². The molecular formula is C18H16ClN3O2. The Kier molecular flexibility index (Phi) is 4.91. The van der Waals surface area contributed by atoms with Gasteiger partial charge in [-0.2, -0.15) is 0 Å². The summed E-state index contributed by atoms with van der Waals surface area (Å²) >= 11 is 6.14. The number of halogens is 1. The lowest BCUT2D eigenvalue weighted by atomic mass is 10.2. The van der Waals surface area contributed by atoms with Gasteiger partial charge < -0.3 is 9.73 Å². The summed E-state index contributed by atoms with van der Waals surface area (Å²) in [6.07, 6.45) is 2.29. The molecule has 3 rings (SSSR count). The molecule has 0 aliphatic rings. The van der Waals surface area contributed by atoms with E-state index in [2.05, 4.69) is 15.3 Å². The smallest absolute Gasteiger partial charge is 0.226 e. The third kappa shape index (κ3) is 4.00. The molecule has 0 aliphatic heterocycles. The average molecular weight is 342 g/mol. The standard InChI is InChI=1S/C18H16ClN3O2/c1-12-5-4-8-16(21-12)22-17(23)9-10-18-20-11-15(24-18)13-6-2-3-7-14(13)19/h2-8,11H,9-10H2,1H3,(H,21,22,23). The molecule has 0 spiro atoms. The van der Waals surface area contributed by atoms with E-state index < -0.39 is 0 Å². The van der Waals surface area contributed by atoms with Crippen LogP contribution in [0.1, 0.15) is 18.0 Å². The van der Waals surface area contributed by atoms with Gasteiger partial charge in [-0.15, -0.1) is 0 Å². The molecular weight excluding hydrogens is 326 g/mol. The predicted octanol–water partition coefficient (Wildman–Crippen LogP) is 4.27. The molecule has 0 fully saturated rings. The van der Waals surface area contributed by atoms with Crippen molar-refractivity contribution in [1.82, 2.24) is 9.97 Å². The number of aryl methyl sites for hydroxylation is 2. The molecule has 0 atom stereocenters. The quantitative estimate of drug-likeness (QED) is 0.752. The third-order valence-corrected chi connectivity index (χ3v) is 3.74. The Balaban J connectivity index is 1.59. The first-order valence-electron chi connectivity index (χ1n) is 7.55. The van der Waals surface area contributed by atoms with Crippen LogP contribution < -0.4 is 5.32 Å². The van der Waals surface area contributed by atoms with E-state index in [4.69, 9.17) is 16.0 Å². The maximum atomic E-state index is 12.0. The first kappa shape index (κ1) is 16.2. The zero-order valence-corrected chi connectivity index (χ0v) is 13.9. The Labute approximate surface area is 144 Å². The van der Waals surface area contributed by atoms with Crippen LogP contribution in [0.3, 0.4) is 0 Å². The molecule has 1 amide bonds. The molecule has 3 aromatic rings. The number of oxazole rings is 1. The molecule has 1 aromatic carbocycles. The van der Waals surface area contributed by atoms with Gasteiger partial charge in [-0.25, -0.2) is 9.97 Å². The molecule has 0 aliphatic carbocycles. The van der Waals surface area contributed by atoms with E-state index in [1.165, 1.54) is 0 Å². The maximum absolute atomic E-state index is 12.0. The lowest BCUT2D eigenvalue weighted by Gasteiger charge is -2.04. The normalized spacial score (nSPS) is 10.6. The van der Waals surface area contributed by atoms with E-state index in [1.54, 1.807) is 18.3 Å². The molecule has 0 saturated heterocycles. The number of amides is 1. The summed E-state index contributed by atoms with van der Waals surface area (Å²) in [6.45, 7) is 1.87. The molecule has 0 radical (unpaired) electrons. The summed E-state index contributed by atoms with van der Waals surface area (Å²) in [6, 6.07) is 12.9. The van der Waals surface area contributed by atoms with Gasteiger partial charge in [-0.3, -0.25) is 4.79 Å². The molecule has 6 heteroatoms. The van der Waals surface area contributed by atoms with Crippen LogP contribution in [0.4, 0.5) is 5.82 Å². The Morgan fingerprint density at radius 1 is 1.21 bits per heavy atom. The monoisotopic (exact) mass is 341 g/mol.